The van der Waals surface area contributed by atoms with Gasteiger partial charge in [0.2, 0.25) is 0 Å². The predicted molar refractivity (Wildman–Crippen MR) is 120 cm³/mol. The molecule has 0 unspecified atom stereocenters. The van der Waals surface area contributed by atoms with E-state index >= 15 is 0 Å². The summed E-state index contributed by atoms with van der Waals surface area (Å²) < 4.78 is 15.8. The quantitative estimate of drug-likeness (QED) is 0.518. The summed E-state index contributed by atoms with van der Waals surface area (Å²) in [6, 6.07) is 16.1. The van der Waals surface area contributed by atoms with Crippen LogP contribution >= 0.6 is 0 Å². The number of hydrogen-bond acceptors (Lipinski definition) is 4. The molecule has 1 aliphatic rings. The van der Waals surface area contributed by atoms with Gasteiger partial charge in [-0.3, -0.25) is 14.7 Å². The molecule has 2 aromatic heterocycles. The van der Waals surface area contributed by atoms with Crippen molar-refractivity contribution in [1.29, 1.82) is 0 Å². The number of benzene rings is 2. The number of amides is 1. The van der Waals surface area contributed by atoms with Crippen LogP contribution in [0, 0.1) is 5.82 Å². The van der Waals surface area contributed by atoms with Crippen molar-refractivity contribution in [3.05, 3.63) is 107 Å². The number of carbonyl (C=O) groups excluding carboxylic acids is 1. The van der Waals surface area contributed by atoms with Crippen molar-refractivity contribution in [3.8, 4) is 5.69 Å². The number of carbonyl (C=O) groups is 1. The Labute approximate surface area is 185 Å². The second-order valence-corrected chi connectivity index (χ2v) is 7.86. The molecule has 0 radical (unpaired) electrons. The fraction of sp³-hybridized carbons (Fsp3) is 0.160. The molecular weight excluding hydrogens is 405 g/mol. The lowest BCUT2D eigenvalue weighted by atomic mass is 9.98. The van der Waals surface area contributed by atoms with Gasteiger partial charge in [0.15, 0.2) is 0 Å². The highest BCUT2D eigenvalue weighted by molar-refractivity contribution is 6.04. The van der Waals surface area contributed by atoms with Crippen LogP contribution in [0.5, 0.6) is 0 Å². The minimum Gasteiger partial charge on any atom is -0.322 e. The molecule has 0 saturated heterocycles. The lowest BCUT2D eigenvalue weighted by Gasteiger charge is -2.29. The van der Waals surface area contributed by atoms with Crippen LogP contribution in [-0.4, -0.2) is 32.1 Å². The number of pyridine rings is 1. The molecule has 0 atom stereocenters. The van der Waals surface area contributed by atoms with Crippen LogP contribution in [0.1, 0.15) is 27.0 Å². The van der Waals surface area contributed by atoms with E-state index in [4.69, 9.17) is 0 Å². The maximum atomic E-state index is 14.0. The summed E-state index contributed by atoms with van der Waals surface area (Å²) in [5.74, 6) is -0.418. The monoisotopic (exact) mass is 427 g/mol. The van der Waals surface area contributed by atoms with E-state index < -0.39 is 0 Å². The Hall–Kier alpha value is -3.84. The Morgan fingerprint density at radius 3 is 2.72 bits per heavy atom. The summed E-state index contributed by atoms with van der Waals surface area (Å²) in [6.45, 7) is 2.22. The number of anilines is 1. The largest absolute Gasteiger partial charge is 0.322 e. The zero-order valence-electron chi connectivity index (χ0n) is 17.4. The maximum absolute atomic E-state index is 14.0. The molecule has 1 N–H and O–H groups in total. The molecule has 0 aliphatic carbocycles. The summed E-state index contributed by atoms with van der Waals surface area (Å²) in [5, 5.41) is 7.26. The van der Waals surface area contributed by atoms with Crippen LogP contribution in [0.25, 0.3) is 5.69 Å². The van der Waals surface area contributed by atoms with E-state index in [2.05, 4.69) is 26.4 Å². The first-order valence-corrected chi connectivity index (χ1v) is 10.5. The maximum Gasteiger partial charge on any atom is 0.255 e. The van der Waals surface area contributed by atoms with Crippen molar-refractivity contribution in [1.82, 2.24) is 19.7 Å². The van der Waals surface area contributed by atoms with Crippen molar-refractivity contribution in [3.63, 3.8) is 0 Å². The van der Waals surface area contributed by atoms with Crippen LogP contribution in [-0.2, 0) is 19.5 Å². The second kappa shape index (κ2) is 8.72. The van der Waals surface area contributed by atoms with Crippen LogP contribution in [0.4, 0.5) is 10.1 Å². The van der Waals surface area contributed by atoms with Gasteiger partial charge in [-0.25, -0.2) is 9.07 Å². The van der Waals surface area contributed by atoms with E-state index in [1.54, 1.807) is 47.5 Å². The van der Waals surface area contributed by atoms with Crippen LogP contribution in [0.2, 0.25) is 0 Å². The van der Waals surface area contributed by atoms with E-state index in [0.717, 1.165) is 36.4 Å². The van der Waals surface area contributed by atoms with Crippen molar-refractivity contribution in [2.75, 3.05) is 11.9 Å². The molecular formula is C25H22FN5O. The minimum atomic E-state index is -0.255. The first-order chi connectivity index (χ1) is 15.7. The van der Waals surface area contributed by atoms with E-state index in [9.17, 15) is 9.18 Å². The lowest BCUT2D eigenvalue weighted by Crippen LogP contribution is -2.30. The van der Waals surface area contributed by atoms with E-state index in [-0.39, 0.29) is 11.7 Å². The Bertz CT molecular complexity index is 1240. The van der Waals surface area contributed by atoms with E-state index in [0.29, 0.717) is 12.1 Å². The summed E-state index contributed by atoms with van der Waals surface area (Å²) >= 11 is 0. The van der Waals surface area contributed by atoms with Gasteiger partial charge in [-0.15, -0.1) is 0 Å². The molecule has 0 fully saturated rings. The van der Waals surface area contributed by atoms with Gasteiger partial charge in [0, 0.05) is 55.7 Å². The third kappa shape index (κ3) is 4.29. The number of halogens is 1. The Morgan fingerprint density at radius 1 is 1.03 bits per heavy atom. The molecule has 32 heavy (non-hydrogen) atoms. The average Bonchev–Trinajstić information content (AvgIpc) is 3.34. The molecule has 0 bridgehead atoms. The molecule has 0 spiro atoms. The fourth-order valence-electron chi connectivity index (χ4n) is 4.09. The van der Waals surface area contributed by atoms with Crippen molar-refractivity contribution < 1.29 is 9.18 Å². The molecule has 5 rings (SSSR count). The Kier molecular flexibility index (Phi) is 5.47. The average molecular weight is 427 g/mol. The van der Waals surface area contributed by atoms with Crippen molar-refractivity contribution >= 4 is 11.6 Å². The topological polar surface area (TPSA) is 63.1 Å². The molecule has 6 nitrogen and oxygen atoms in total. The van der Waals surface area contributed by atoms with Crippen molar-refractivity contribution in [2.45, 2.75) is 19.5 Å². The van der Waals surface area contributed by atoms with Gasteiger partial charge >= 0.3 is 0 Å². The third-order valence-electron chi connectivity index (χ3n) is 5.68. The Morgan fingerprint density at radius 2 is 1.91 bits per heavy atom. The summed E-state index contributed by atoms with van der Waals surface area (Å²) in [4.78, 5) is 18.7. The first-order valence-electron chi connectivity index (χ1n) is 10.5. The van der Waals surface area contributed by atoms with Gasteiger partial charge in [-0.05, 0) is 71.6 Å². The van der Waals surface area contributed by atoms with E-state index in [1.165, 1.54) is 17.2 Å². The van der Waals surface area contributed by atoms with Gasteiger partial charge in [0.25, 0.3) is 5.91 Å². The first kappa shape index (κ1) is 20.1. The highest BCUT2D eigenvalue weighted by Crippen LogP contribution is 2.26. The van der Waals surface area contributed by atoms with Gasteiger partial charge < -0.3 is 5.32 Å². The van der Waals surface area contributed by atoms with Crippen molar-refractivity contribution in [2.24, 2.45) is 0 Å². The fourth-order valence-corrected chi connectivity index (χ4v) is 4.09. The van der Waals surface area contributed by atoms with Crippen LogP contribution in [0.15, 0.2) is 79.4 Å². The second-order valence-electron chi connectivity index (χ2n) is 7.86. The molecule has 160 valence electrons. The van der Waals surface area contributed by atoms with Gasteiger partial charge in [-0.1, -0.05) is 6.07 Å². The molecule has 7 heteroatoms. The summed E-state index contributed by atoms with van der Waals surface area (Å²) in [7, 11) is 0. The van der Waals surface area contributed by atoms with Gasteiger partial charge in [0.05, 0.1) is 5.69 Å². The number of hydrogen-bond donors (Lipinski definition) is 1. The molecule has 2 aromatic carbocycles. The highest BCUT2D eigenvalue weighted by atomic mass is 19.1. The predicted octanol–water partition coefficient (Wildman–Crippen LogP) is 4.22. The summed E-state index contributed by atoms with van der Waals surface area (Å²) in [5.41, 5.74) is 5.53. The standard InChI is InChI=1S/C25H22FN5O/c26-22-3-5-24(31-12-1-9-28-31)21(14-22)17-30-13-8-18-2-4-23(15-20(18)16-30)29-25(32)19-6-10-27-11-7-19/h1-7,9-12,14-15H,8,13,16-17H2,(H,29,32). The molecule has 1 amide bonds. The number of fused-ring (bicyclic) bond motifs is 1. The van der Waals surface area contributed by atoms with E-state index in [1.807, 2.05) is 24.4 Å². The molecule has 4 aromatic rings. The smallest absolute Gasteiger partial charge is 0.255 e. The zero-order chi connectivity index (χ0) is 21.9. The SMILES string of the molecule is O=C(Nc1ccc2c(c1)CN(Cc1cc(F)ccc1-n1cccn1)CC2)c1ccncc1. The van der Waals surface area contributed by atoms with Gasteiger partial charge in [0.1, 0.15) is 5.82 Å². The number of nitrogens with one attached hydrogen (secondary N) is 1. The number of rotatable bonds is 5. The molecule has 1 aliphatic heterocycles. The van der Waals surface area contributed by atoms with Gasteiger partial charge in [-0.2, -0.15) is 5.10 Å². The molecule has 0 saturated carbocycles. The number of nitrogens with zero attached hydrogens (tertiary/aromatic N) is 4. The molecule has 3 heterocycles. The van der Waals surface area contributed by atoms with Crippen LogP contribution < -0.4 is 5.32 Å². The highest BCUT2D eigenvalue weighted by Gasteiger charge is 2.19. The third-order valence-corrected chi connectivity index (χ3v) is 5.68. The van der Waals surface area contributed by atoms with Crippen LogP contribution in [0.3, 0.4) is 0 Å². The normalized spacial score (nSPS) is 13.5. The Balaban J connectivity index is 1.33. The zero-order valence-corrected chi connectivity index (χ0v) is 17.4. The number of aromatic nitrogens is 3. The summed E-state index contributed by atoms with van der Waals surface area (Å²) in [6.07, 6.45) is 7.68. The lowest BCUT2D eigenvalue weighted by molar-refractivity contribution is 0.102. The minimum absolute atomic E-state index is 0.163.